The third kappa shape index (κ3) is 3.58. The minimum Gasteiger partial charge on any atom is -0.453 e. The molecule has 2 unspecified atom stereocenters. The molecule has 0 aliphatic heterocycles. The lowest BCUT2D eigenvalue weighted by Crippen LogP contribution is -2.61. The molecule has 3 N–H and O–H groups in total. The molecule has 8 heteroatoms. The van der Waals surface area contributed by atoms with Crippen molar-refractivity contribution in [3.05, 3.63) is 0 Å². The van der Waals surface area contributed by atoms with Crippen LogP contribution in [0.25, 0.3) is 0 Å². The first kappa shape index (κ1) is 15.7. The van der Waals surface area contributed by atoms with Crippen molar-refractivity contribution in [3.8, 4) is 0 Å². The fourth-order valence-electron chi connectivity index (χ4n) is 1.25. The van der Waals surface area contributed by atoms with Crippen LogP contribution in [0.15, 0.2) is 0 Å². The van der Waals surface area contributed by atoms with Crippen molar-refractivity contribution < 1.29 is 27.5 Å². The summed E-state index contributed by atoms with van der Waals surface area (Å²) in [4.78, 5) is 21.9. The zero-order chi connectivity index (χ0) is 13.9. The molecule has 2 atom stereocenters. The van der Waals surface area contributed by atoms with Crippen LogP contribution in [0.2, 0.25) is 0 Å². The molecule has 5 nitrogen and oxygen atoms in total. The summed E-state index contributed by atoms with van der Waals surface area (Å²) in [5.74, 6) is -3.24. The van der Waals surface area contributed by atoms with Crippen molar-refractivity contribution >= 4 is 11.9 Å². The van der Waals surface area contributed by atoms with Crippen molar-refractivity contribution in [1.29, 1.82) is 0 Å². The standard InChI is InChI=1S/C9H15F3N2O3/c1-4-5(8(2,14-3)6(13)15)17-7(16)9(10,11)12/h5,14H,4H2,1-3H3,(H2,13,15). The van der Waals surface area contributed by atoms with E-state index in [9.17, 15) is 22.8 Å². The maximum absolute atomic E-state index is 12.0. The quantitative estimate of drug-likeness (QED) is 0.695. The van der Waals surface area contributed by atoms with Gasteiger partial charge in [0.15, 0.2) is 0 Å². The normalized spacial score (nSPS) is 17.1. The van der Waals surface area contributed by atoms with Crippen molar-refractivity contribution in [1.82, 2.24) is 5.32 Å². The number of carbonyl (C=O) groups is 2. The summed E-state index contributed by atoms with van der Waals surface area (Å²) in [6.45, 7) is 2.75. The lowest BCUT2D eigenvalue weighted by atomic mass is 9.92. The van der Waals surface area contributed by atoms with Gasteiger partial charge in [-0.05, 0) is 20.4 Å². The van der Waals surface area contributed by atoms with Crippen LogP contribution >= 0.6 is 0 Å². The molecule has 0 saturated heterocycles. The molecule has 0 saturated carbocycles. The Balaban J connectivity index is 4.97. The Kier molecular flexibility index (Phi) is 4.94. The number of amides is 1. The second kappa shape index (κ2) is 5.35. The molecule has 0 fully saturated rings. The summed E-state index contributed by atoms with van der Waals surface area (Å²) < 4.78 is 40.3. The molecule has 0 bridgehead atoms. The van der Waals surface area contributed by atoms with Gasteiger partial charge in [0.05, 0.1) is 0 Å². The van der Waals surface area contributed by atoms with Gasteiger partial charge in [-0.3, -0.25) is 4.79 Å². The van der Waals surface area contributed by atoms with Gasteiger partial charge in [0.25, 0.3) is 0 Å². The third-order valence-electron chi connectivity index (χ3n) is 2.53. The van der Waals surface area contributed by atoms with Crippen molar-refractivity contribution in [2.45, 2.75) is 38.1 Å². The number of hydrogen-bond acceptors (Lipinski definition) is 4. The summed E-state index contributed by atoms with van der Waals surface area (Å²) in [6, 6.07) is 0. The van der Waals surface area contributed by atoms with Crippen LogP contribution < -0.4 is 11.1 Å². The first-order chi connectivity index (χ1) is 7.59. The monoisotopic (exact) mass is 256 g/mol. The van der Waals surface area contributed by atoms with Gasteiger partial charge in [-0.15, -0.1) is 0 Å². The summed E-state index contributed by atoms with van der Waals surface area (Å²) in [5.41, 5.74) is 3.52. The minimum absolute atomic E-state index is 0.0160. The molecule has 0 rings (SSSR count). The van der Waals surface area contributed by atoms with Crippen LogP contribution in [-0.4, -0.2) is 36.7 Å². The zero-order valence-electron chi connectivity index (χ0n) is 9.72. The largest absolute Gasteiger partial charge is 0.490 e. The van der Waals surface area contributed by atoms with Crippen LogP contribution in [0.1, 0.15) is 20.3 Å². The highest BCUT2D eigenvalue weighted by Crippen LogP contribution is 2.22. The number of likely N-dealkylation sites (N-methyl/N-ethyl adjacent to an activating group) is 1. The predicted octanol–water partition coefficient (Wildman–Crippen LogP) is 0.334. The predicted molar refractivity (Wildman–Crippen MR) is 52.9 cm³/mol. The van der Waals surface area contributed by atoms with Gasteiger partial charge in [0.2, 0.25) is 5.91 Å². The van der Waals surface area contributed by atoms with E-state index in [2.05, 4.69) is 10.1 Å². The molecule has 0 radical (unpaired) electrons. The fraction of sp³-hybridized carbons (Fsp3) is 0.778. The van der Waals surface area contributed by atoms with Crippen molar-refractivity contribution in [3.63, 3.8) is 0 Å². The minimum atomic E-state index is -5.10. The van der Waals surface area contributed by atoms with Crippen LogP contribution in [0, 0.1) is 0 Å². The van der Waals surface area contributed by atoms with Crippen molar-refractivity contribution in [2.75, 3.05) is 7.05 Å². The first-order valence-electron chi connectivity index (χ1n) is 4.86. The van der Waals surface area contributed by atoms with Gasteiger partial charge in [-0.2, -0.15) is 13.2 Å². The van der Waals surface area contributed by atoms with E-state index < -0.39 is 29.7 Å². The topological polar surface area (TPSA) is 81.4 Å². The molecule has 0 aromatic carbocycles. The number of nitrogens with two attached hydrogens (primary N) is 1. The highest BCUT2D eigenvalue weighted by Gasteiger charge is 2.47. The molecule has 1 amide bonds. The van der Waals surface area contributed by atoms with Crippen LogP contribution in [-0.2, 0) is 14.3 Å². The van der Waals surface area contributed by atoms with E-state index >= 15 is 0 Å². The first-order valence-corrected chi connectivity index (χ1v) is 4.86. The smallest absolute Gasteiger partial charge is 0.453 e. The Labute approximate surface area is 96.5 Å². The molecule has 0 aliphatic rings. The summed E-state index contributed by atoms with van der Waals surface area (Å²) in [7, 11) is 1.34. The van der Waals surface area contributed by atoms with Crippen LogP contribution in [0.4, 0.5) is 13.2 Å². The molecule has 0 aliphatic carbocycles. The van der Waals surface area contributed by atoms with Gasteiger partial charge in [-0.1, -0.05) is 6.92 Å². The molecule has 0 heterocycles. The van der Waals surface area contributed by atoms with Gasteiger partial charge in [-0.25, -0.2) is 4.79 Å². The number of halogens is 3. The Morgan fingerprint density at radius 3 is 2.12 bits per heavy atom. The maximum atomic E-state index is 12.0. The number of primary amides is 1. The Morgan fingerprint density at radius 1 is 1.41 bits per heavy atom. The number of esters is 1. The summed E-state index contributed by atoms with van der Waals surface area (Å²) >= 11 is 0. The van der Waals surface area contributed by atoms with Gasteiger partial charge in [0.1, 0.15) is 11.6 Å². The lowest BCUT2D eigenvalue weighted by molar-refractivity contribution is -0.208. The SMILES string of the molecule is CCC(OC(=O)C(F)(F)F)C(C)(NC)C(N)=O. The molecular formula is C9H15F3N2O3. The highest BCUT2D eigenvalue weighted by atomic mass is 19.4. The van der Waals surface area contributed by atoms with E-state index in [1.54, 1.807) is 0 Å². The zero-order valence-corrected chi connectivity index (χ0v) is 9.72. The Bertz CT molecular complexity index is 306. The van der Waals surface area contributed by atoms with Gasteiger partial charge >= 0.3 is 12.1 Å². The number of rotatable bonds is 5. The van der Waals surface area contributed by atoms with Crippen LogP contribution in [0.5, 0.6) is 0 Å². The van der Waals surface area contributed by atoms with E-state index in [-0.39, 0.29) is 6.42 Å². The van der Waals surface area contributed by atoms with E-state index in [1.165, 1.54) is 20.9 Å². The summed E-state index contributed by atoms with van der Waals surface area (Å²) in [6.07, 6.45) is -6.37. The van der Waals surface area contributed by atoms with E-state index in [4.69, 9.17) is 5.73 Å². The molecule has 100 valence electrons. The van der Waals surface area contributed by atoms with E-state index in [0.717, 1.165) is 0 Å². The Hall–Kier alpha value is -1.31. The average Bonchev–Trinajstić information content (AvgIpc) is 2.22. The van der Waals surface area contributed by atoms with E-state index in [1.807, 2.05) is 0 Å². The molecule has 0 aromatic heterocycles. The fourth-order valence-corrected chi connectivity index (χ4v) is 1.25. The van der Waals surface area contributed by atoms with Gasteiger partial charge < -0.3 is 15.8 Å². The maximum Gasteiger partial charge on any atom is 0.490 e. The molecule has 17 heavy (non-hydrogen) atoms. The molecular weight excluding hydrogens is 241 g/mol. The Morgan fingerprint density at radius 2 is 1.88 bits per heavy atom. The second-order valence-corrected chi connectivity index (χ2v) is 3.62. The average molecular weight is 256 g/mol. The number of carbonyl (C=O) groups excluding carboxylic acids is 2. The van der Waals surface area contributed by atoms with Crippen molar-refractivity contribution in [2.24, 2.45) is 5.73 Å². The number of hydrogen-bond donors (Lipinski definition) is 2. The number of alkyl halides is 3. The van der Waals surface area contributed by atoms with Gasteiger partial charge in [0, 0.05) is 0 Å². The van der Waals surface area contributed by atoms with E-state index in [0.29, 0.717) is 0 Å². The third-order valence-corrected chi connectivity index (χ3v) is 2.53. The van der Waals surface area contributed by atoms with Crippen LogP contribution in [0.3, 0.4) is 0 Å². The summed E-state index contributed by atoms with van der Waals surface area (Å²) in [5, 5.41) is 2.47. The molecule has 0 aromatic rings. The lowest BCUT2D eigenvalue weighted by Gasteiger charge is -2.33. The number of ether oxygens (including phenoxy) is 1. The molecule has 0 spiro atoms. The highest BCUT2D eigenvalue weighted by molar-refractivity contribution is 5.85. The number of nitrogens with one attached hydrogen (secondary N) is 1. The second-order valence-electron chi connectivity index (χ2n) is 3.62.